The summed E-state index contributed by atoms with van der Waals surface area (Å²) in [6, 6.07) is 2.79. The Morgan fingerprint density at radius 3 is 2.93 bits per heavy atom. The Hall–Kier alpha value is -3.29. The lowest BCUT2D eigenvalue weighted by Crippen LogP contribution is -2.33. The van der Waals surface area contributed by atoms with Crippen molar-refractivity contribution in [1.29, 1.82) is 0 Å². The molecule has 0 unspecified atom stereocenters. The van der Waals surface area contributed by atoms with Crippen LogP contribution in [0.1, 0.15) is 28.4 Å². The van der Waals surface area contributed by atoms with Crippen molar-refractivity contribution in [2.45, 2.75) is 26.3 Å². The second kappa shape index (κ2) is 6.70. The molecule has 0 radical (unpaired) electrons. The van der Waals surface area contributed by atoms with Crippen LogP contribution in [0.25, 0.3) is 10.9 Å². The first-order valence-corrected chi connectivity index (χ1v) is 8.73. The fourth-order valence-electron chi connectivity index (χ4n) is 3.67. The van der Waals surface area contributed by atoms with Crippen LogP contribution < -0.4 is 15.6 Å². The Labute approximate surface area is 158 Å². The van der Waals surface area contributed by atoms with Gasteiger partial charge in [-0.15, -0.1) is 0 Å². The first-order chi connectivity index (χ1) is 13.3. The van der Waals surface area contributed by atoms with Crippen LogP contribution in [0.5, 0.6) is 5.75 Å². The molecule has 1 aromatic carbocycles. The van der Waals surface area contributed by atoms with E-state index in [0.717, 1.165) is 23.2 Å². The number of aryl methyl sites for hydroxylation is 2. The van der Waals surface area contributed by atoms with E-state index in [4.69, 9.17) is 4.74 Å². The number of aromatic amines is 1. The third-order valence-electron chi connectivity index (χ3n) is 4.97. The van der Waals surface area contributed by atoms with Gasteiger partial charge in [-0.2, -0.15) is 0 Å². The lowest BCUT2D eigenvalue weighted by atomic mass is 10.0. The highest BCUT2D eigenvalue weighted by molar-refractivity contribution is 5.87. The monoisotopic (exact) mass is 385 g/mol. The molecule has 6 nitrogen and oxygen atoms in total. The van der Waals surface area contributed by atoms with Crippen molar-refractivity contribution in [3.63, 3.8) is 0 Å². The molecule has 0 saturated carbocycles. The van der Waals surface area contributed by atoms with E-state index < -0.39 is 23.6 Å². The number of fused-ring (bicyclic) bond motifs is 2. The summed E-state index contributed by atoms with van der Waals surface area (Å²) in [6.07, 6.45) is 1.43. The van der Waals surface area contributed by atoms with Crippen molar-refractivity contribution in [3.05, 3.63) is 68.8 Å². The van der Waals surface area contributed by atoms with Gasteiger partial charge in [-0.25, -0.2) is 8.78 Å². The zero-order chi connectivity index (χ0) is 20.0. The van der Waals surface area contributed by atoms with Crippen LogP contribution in [0, 0.1) is 25.5 Å². The minimum atomic E-state index is -0.778. The molecule has 0 spiro atoms. The van der Waals surface area contributed by atoms with Crippen molar-refractivity contribution in [2.75, 3.05) is 6.61 Å². The van der Waals surface area contributed by atoms with E-state index in [9.17, 15) is 18.4 Å². The molecule has 3 aromatic rings. The van der Waals surface area contributed by atoms with Crippen LogP contribution in [0.3, 0.4) is 0 Å². The topological polar surface area (TPSA) is 84.1 Å². The van der Waals surface area contributed by atoms with Crippen molar-refractivity contribution in [1.82, 2.24) is 15.3 Å². The maximum absolute atomic E-state index is 14.1. The zero-order valence-corrected chi connectivity index (χ0v) is 15.2. The molecule has 1 amide bonds. The number of hydrogen-bond donors (Lipinski definition) is 2. The summed E-state index contributed by atoms with van der Waals surface area (Å²) in [7, 11) is 0. The first-order valence-electron chi connectivity index (χ1n) is 8.73. The van der Waals surface area contributed by atoms with Crippen molar-refractivity contribution in [2.24, 2.45) is 0 Å². The Morgan fingerprint density at radius 2 is 2.14 bits per heavy atom. The van der Waals surface area contributed by atoms with E-state index in [2.05, 4.69) is 15.3 Å². The normalized spacial score (nSPS) is 15.4. The predicted octanol–water partition coefficient (Wildman–Crippen LogP) is 2.61. The number of benzene rings is 1. The molecule has 0 bridgehead atoms. The van der Waals surface area contributed by atoms with Gasteiger partial charge in [-0.05, 0) is 25.5 Å². The van der Waals surface area contributed by atoms with Crippen molar-refractivity contribution < 1.29 is 18.3 Å². The number of nitrogens with zero attached hydrogens (tertiary/aromatic N) is 1. The van der Waals surface area contributed by atoms with Gasteiger partial charge in [-0.1, -0.05) is 0 Å². The van der Waals surface area contributed by atoms with Gasteiger partial charge in [0.15, 0.2) is 0 Å². The van der Waals surface area contributed by atoms with E-state index in [0.29, 0.717) is 16.6 Å². The van der Waals surface area contributed by atoms with Crippen LogP contribution >= 0.6 is 0 Å². The minimum Gasteiger partial charge on any atom is -0.490 e. The number of H-pyrrole nitrogens is 1. The first kappa shape index (κ1) is 18.1. The summed E-state index contributed by atoms with van der Waals surface area (Å²) >= 11 is 0. The molecule has 8 heteroatoms. The molecule has 0 saturated heterocycles. The van der Waals surface area contributed by atoms with Gasteiger partial charge in [0.2, 0.25) is 5.91 Å². The van der Waals surface area contributed by atoms with Gasteiger partial charge in [0.05, 0.1) is 23.5 Å². The Bertz CT molecular complexity index is 1170. The molecule has 4 rings (SSSR count). The Morgan fingerprint density at radius 1 is 1.36 bits per heavy atom. The standard InChI is InChI=1S/C20H17F2N3O3/c1-9-12(20(27)25-14-3-4-23-10(2)18(9)14)7-17(26)24-15-8-28-16-6-11(21)5-13(22)19(15)16/h3-6,15H,7-8H2,1-2H3,(H,24,26)(H,25,27)/t15-/m1/s1. The summed E-state index contributed by atoms with van der Waals surface area (Å²) in [6.45, 7) is 3.59. The number of amides is 1. The molecular formula is C20H17F2N3O3. The molecule has 2 aromatic heterocycles. The lowest BCUT2D eigenvalue weighted by molar-refractivity contribution is -0.121. The highest BCUT2D eigenvalue weighted by Crippen LogP contribution is 2.35. The average Bonchev–Trinajstić information content (AvgIpc) is 3.01. The molecule has 0 fully saturated rings. The summed E-state index contributed by atoms with van der Waals surface area (Å²) in [5.74, 6) is -1.91. The smallest absolute Gasteiger partial charge is 0.252 e. The zero-order valence-electron chi connectivity index (χ0n) is 15.2. The molecule has 1 aliphatic heterocycles. The third kappa shape index (κ3) is 3.00. The van der Waals surface area contributed by atoms with Gasteiger partial charge >= 0.3 is 0 Å². The summed E-state index contributed by atoms with van der Waals surface area (Å²) in [5.41, 5.74) is 2.15. The molecular weight excluding hydrogens is 368 g/mol. The van der Waals surface area contributed by atoms with Crippen molar-refractivity contribution >= 4 is 16.8 Å². The third-order valence-corrected chi connectivity index (χ3v) is 4.97. The minimum absolute atomic E-state index is 0.00245. The Kier molecular flexibility index (Phi) is 4.33. The highest BCUT2D eigenvalue weighted by Gasteiger charge is 2.30. The number of pyridine rings is 2. The van der Waals surface area contributed by atoms with Crippen LogP contribution in [0.2, 0.25) is 0 Å². The molecule has 2 N–H and O–H groups in total. The molecule has 0 aliphatic carbocycles. The number of hydrogen-bond acceptors (Lipinski definition) is 4. The number of aromatic nitrogens is 2. The van der Waals surface area contributed by atoms with Gasteiger partial charge in [0, 0.05) is 35.0 Å². The van der Waals surface area contributed by atoms with E-state index in [-0.39, 0.29) is 29.9 Å². The number of nitrogens with one attached hydrogen (secondary N) is 2. The summed E-state index contributed by atoms with van der Waals surface area (Å²) in [5, 5.41) is 3.46. The number of carbonyl (C=O) groups excluding carboxylic acids is 1. The molecule has 1 atom stereocenters. The second-order valence-electron chi connectivity index (χ2n) is 6.78. The Balaban J connectivity index is 1.61. The fourth-order valence-corrected chi connectivity index (χ4v) is 3.67. The van der Waals surface area contributed by atoms with Crippen LogP contribution in [-0.4, -0.2) is 22.5 Å². The second-order valence-corrected chi connectivity index (χ2v) is 6.78. The van der Waals surface area contributed by atoms with Gasteiger partial charge in [0.25, 0.3) is 5.56 Å². The highest BCUT2D eigenvalue weighted by atomic mass is 19.1. The van der Waals surface area contributed by atoms with E-state index >= 15 is 0 Å². The van der Waals surface area contributed by atoms with Crippen LogP contribution in [0.4, 0.5) is 8.78 Å². The quantitative estimate of drug-likeness (QED) is 0.726. The maximum atomic E-state index is 14.1. The number of halogens is 2. The maximum Gasteiger partial charge on any atom is 0.252 e. The number of ether oxygens (including phenoxy) is 1. The average molecular weight is 385 g/mol. The van der Waals surface area contributed by atoms with Gasteiger partial charge < -0.3 is 15.0 Å². The largest absolute Gasteiger partial charge is 0.490 e. The van der Waals surface area contributed by atoms with E-state index in [1.807, 2.05) is 6.92 Å². The summed E-state index contributed by atoms with van der Waals surface area (Å²) in [4.78, 5) is 32.0. The molecule has 3 heterocycles. The van der Waals surface area contributed by atoms with E-state index in [1.54, 1.807) is 19.2 Å². The SMILES string of the molecule is Cc1nccc2[nH]c(=O)c(CC(=O)N[C@@H]3COc4cc(F)cc(F)c43)c(C)c12. The molecule has 144 valence electrons. The summed E-state index contributed by atoms with van der Waals surface area (Å²) < 4.78 is 32.7. The van der Waals surface area contributed by atoms with Gasteiger partial charge in [-0.3, -0.25) is 14.6 Å². The lowest BCUT2D eigenvalue weighted by Gasteiger charge is -2.14. The van der Waals surface area contributed by atoms with Gasteiger partial charge in [0.1, 0.15) is 24.0 Å². The number of carbonyl (C=O) groups is 1. The predicted molar refractivity (Wildman–Crippen MR) is 98.3 cm³/mol. The molecule has 1 aliphatic rings. The van der Waals surface area contributed by atoms with Crippen LogP contribution in [-0.2, 0) is 11.2 Å². The van der Waals surface area contributed by atoms with E-state index in [1.165, 1.54) is 0 Å². The van der Waals surface area contributed by atoms with Crippen LogP contribution in [0.15, 0.2) is 29.2 Å². The number of rotatable bonds is 3. The fraction of sp³-hybridized carbons (Fsp3) is 0.250. The molecule has 28 heavy (non-hydrogen) atoms. The van der Waals surface area contributed by atoms with Crippen molar-refractivity contribution in [3.8, 4) is 5.75 Å².